The number of nitrogens with zero attached hydrogens (tertiary/aromatic N) is 1. The van der Waals surface area contributed by atoms with Gasteiger partial charge in [0, 0.05) is 13.1 Å². The molecule has 1 fully saturated rings. The van der Waals surface area contributed by atoms with Gasteiger partial charge in [-0.3, -0.25) is 0 Å². The fourth-order valence-corrected chi connectivity index (χ4v) is 2.01. The zero-order valence-electron chi connectivity index (χ0n) is 9.71. The van der Waals surface area contributed by atoms with Crippen LogP contribution in [0.5, 0.6) is 5.75 Å². The van der Waals surface area contributed by atoms with Crippen molar-refractivity contribution in [3.8, 4) is 5.75 Å². The Labute approximate surface area is 96.0 Å². The van der Waals surface area contributed by atoms with Crippen LogP contribution in [0.2, 0.25) is 0 Å². The molecule has 88 valence electrons. The lowest BCUT2D eigenvalue weighted by Crippen LogP contribution is -2.33. The number of aryl methyl sites for hydroxylation is 1. The molecular weight excluding hydrogens is 205 g/mol. The molecule has 2 rings (SSSR count). The Morgan fingerprint density at radius 1 is 1.25 bits per heavy atom. The molecule has 1 saturated heterocycles. The second kappa shape index (κ2) is 5.30. The lowest BCUT2D eigenvalue weighted by atomic mass is 10.1. The van der Waals surface area contributed by atoms with Crippen LogP contribution in [0, 0.1) is 5.82 Å². The van der Waals surface area contributed by atoms with Gasteiger partial charge in [-0.25, -0.2) is 4.39 Å². The van der Waals surface area contributed by atoms with Gasteiger partial charge in [0.05, 0.1) is 0 Å². The van der Waals surface area contributed by atoms with Crippen LogP contribution in [-0.4, -0.2) is 18.2 Å². The monoisotopic (exact) mass is 223 g/mol. The van der Waals surface area contributed by atoms with Gasteiger partial charge in [-0.15, -0.1) is 5.06 Å². The molecule has 2 nitrogen and oxygen atoms in total. The normalized spacial score (nSPS) is 17.4. The summed E-state index contributed by atoms with van der Waals surface area (Å²) in [5.74, 6) is 0.605. The van der Waals surface area contributed by atoms with Crippen molar-refractivity contribution >= 4 is 0 Å². The topological polar surface area (TPSA) is 12.5 Å². The maximum atomic E-state index is 13.0. The lowest BCUT2D eigenvalue weighted by molar-refractivity contribution is -0.0727. The van der Waals surface area contributed by atoms with Crippen LogP contribution < -0.4 is 4.84 Å². The predicted octanol–water partition coefficient (Wildman–Crippen LogP) is 3.17. The van der Waals surface area contributed by atoms with Crippen molar-refractivity contribution in [3.05, 3.63) is 29.6 Å². The number of benzene rings is 1. The summed E-state index contributed by atoms with van der Waals surface area (Å²) < 4.78 is 13.0. The first-order valence-electron chi connectivity index (χ1n) is 6.01. The first kappa shape index (κ1) is 11.4. The highest BCUT2D eigenvalue weighted by Crippen LogP contribution is 2.22. The quantitative estimate of drug-likeness (QED) is 0.780. The van der Waals surface area contributed by atoms with Gasteiger partial charge in [-0.1, -0.05) is 13.3 Å². The maximum absolute atomic E-state index is 13.0. The first-order valence-corrected chi connectivity index (χ1v) is 6.01. The summed E-state index contributed by atoms with van der Waals surface area (Å²) in [4.78, 5) is 5.80. The fraction of sp³-hybridized carbons (Fsp3) is 0.538. The van der Waals surface area contributed by atoms with E-state index in [1.54, 1.807) is 12.1 Å². The predicted molar refractivity (Wildman–Crippen MR) is 61.8 cm³/mol. The van der Waals surface area contributed by atoms with Gasteiger partial charge in [0.25, 0.3) is 0 Å². The molecule has 0 N–H and O–H groups in total. The molecule has 0 spiro atoms. The summed E-state index contributed by atoms with van der Waals surface area (Å²) >= 11 is 0. The van der Waals surface area contributed by atoms with E-state index in [0.29, 0.717) is 0 Å². The molecule has 0 saturated carbocycles. The minimum Gasteiger partial charge on any atom is -0.406 e. The molecule has 0 radical (unpaired) electrons. The van der Waals surface area contributed by atoms with Gasteiger partial charge in [0.15, 0.2) is 5.75 Å². The molecule has 0 aromatic heterocycles. The fourth-order valence-electron chi connectivity index (χ4n) is 2.01. The molecule has 1 aliphatic rings. The molecule has 16 heavy (non-hydrogen) atoms. The minimum atomic E-state index is -0.192. The molecule has 1 aliphatic heterocycles. The van der Waals surface area contributed by atoms with E-state index in [9.17, 15) is 4.39 Å². The van der Waals surface area contributed by atoms with E-state index in [-0.39, 0.29) is 5.82 Å². The van der Waals surface area contributed by atoms with Crippen molar-refractivity contribution in [1.82, 2.24) is 5.06 Å². The van der Waals surface area contributed by atoms with Crippen molar-refractivity contribution in [2.24, 2.45) is 0 Å². The van der Waals surface area contributed by atoms with E-state index in [2.05, 4.69) is 0 Å². The zero-order valence-corrected chi connectivity index (χ0v) is 9.71. The number of hydroxylamine groups is 2. The van der Waals surface area contributed by atoms with Gasteiger partial charge >= 0.3 is 0 Å². The van der Waals surface area contributed by atoms with Gasteiger partial charge in [0.2, 0.25) is 0 Å². The standard InChI is InChI=1S/C13H18FNO/c1-2-11-10-12(14)6-7-13(11)16-15-8-4-3-5-9-15/h6-7,10H,2-5,8-9H2,1H3. The smallest absolute Gasteiger partial charge is 0.150 e. The lowest BCUT2D eigenvalue weighted by Gasteiger charge is -2.26. The van der Waals surface area contributed by atoms with Crippen LogP contribution in [0.25, 0.3) is 0 Å². The molecule has 1 heterocycles. The SMILES string of the molecule is CCc1cc(F)ccc1ON1CCCCC1. The summed E-state index contributed by atoms with van der Waals surface area (Å²) in [5, 5.41) is 1.98. The van der Waals surface area contributed by atoms with Crippen LogP contribution in [0.3, 0.4) is 0 Å². The molecular formula is C13H18FNO. The van der Waals surface area contributed by atoms with Crippen LogP contribution in [0.15, 0.2) is 18.2 Å². The largest absolute Gasteiger partial charge is 0.406 e. The highest BCUT2D eigenvalue weighted by atomic mass is 19.1. The van der Waals surface area contributed by atoms with Gasteiger partial charge in [-0.2, -0.15) is 0 Å². The Morgan fingerprint density at radius 2 is 2.00 bits per heavy atom. The second-order valence-corrected chi connectivity index (χ2v) is 4.19. The summed E-state index contributed by atoms with van der Waals surface area (Å²) in [6.07, 6.45) is 4.44. The van der Waals surface area contributed by atoms with Crippen molar-refractivity contribution in [3.63, 3.8) is 0 Å². The molecule has 3 heteroatoms. The molecule has 0 aliphatic carbocycles. The summed E-state index contributed by atoms with van der Waals surface area (Å²) in [5.41, 5.74) is 0.936. The third-order valence-electron chi connectivity index (χ3n) is 2.95. The molecule has 0 bridgehead atoms. The molecule has 0 atom stereocenters. The van der Waals surface area contributed by atoms with Crippen molar-refractivity contribution in [1.29, 1.82) is 0 Å². The van der Waals surface area contributed by atoms with Crippen molar-refractivity contribution < 1.29 is 9.23 Å². The Morgan fingerprint density at radius 3 is 2.69 bits per heavy atom. The summed E-state index contributed by atoms with van der Waals surface area (Å²) in [7, 11) is 0. The minimum absolute atomic E-state index is 0.192. The molecule has 0 amide bonds. The van der Waals surface area contributed by atoms with E-state index in [1.165, 1.54) is 25.3 Å². The molecule has 1 aromatic carbocycles. The number of halogens is 1. The molecule has 1 aromatic rings. The summed E-state index contributed by atoms with van der Waals surface area (Å²) in [6.45, 7) is 3.96. The Bertz CT molecular complexity index is 348. The Kier molecular flexibility index (Phi) is 3.78. The Balaban J connectivity index is 2.07. The van der Waals surface area contributed by atoms with Gasteiger partial charge in [0.1, 0.15) is 5.82 Å². The highest BCUT2D eigenvalue weighted by molar-refractivity contribution is 5.33. The third kappa shape index (κ3) is 2.73. The van der Waals surface area contributed by atoms with Crippen LogP contribution in [0.4, 0.5) is 4.39 Å². The zero-order chi connectivity index (χ0) is 11.4. The van der Waals surface area contributed by atoms with Crippen LogP contribution in [0.1, 0.15) is 31.7 Å². The van der Waals surface area contributed by atoms with E-state index in [4.69, 9.17) is 4.84 Å². The molecule has 0 unspecified atom stereocenters. The van der Waals surface area contributed by atoms with E-state index < -0.39 is 0 Å². The van der Waals surface area contributed by atoms with E-state index >= 15 is 0 Å². The maximum Gasteiger partial charge on any atom is 0.150 e. The van der Waals surface area contributed by atoms with Crippen LogP contribution >= 0.6 is 0 Å². The average molecular weight is 223 g/mol. The summed E-state index contributed by atoms with van der Waals surface area (Å²) in [6, 6.07) is 4.74. The average Bonchev–Trinajstić information content (AvgIpc) is 2.33. The van der Waals surface area contributed by atoms with Gasteiger partial charge in [-0.05, 0) is 43.0 Å². The first-order chi connectivity index (χ1) is 7.79. The van der Waals surface area contributed by atoms with Crippen LogP contribution in [-0.2, 0) is 6.42 Å². The van der Waals surface area contributed by atoms with E-state index in [1.807, 2.05) is 12.0 Å². The van der Waals surface area contributed by atoms with Crippen molar-refractivity contribution in [2.45, 2.75) is 32.6 Å². The van der Waals surface area contributed by atoms with Crippen molar-refractivity contribution in [2.75, 3.05) is 13.1 Å². The number of piperidine rings is 1. The number of hydrogen-bond donors (Lipinski definition) is 0. The second-order valence-electron chi connectivity index (χ2n) is 4.19. The number of rotatable bonds is 3. The highest BCUT2D eigenvalue weighted by Gasteiger charge is 2.13. The van der Waals surface area contributed by atoms with E-state index in [0.717, 1.165) is 30.8 Å². The third-order valence-corrected chi connectivity index (χ3v) is 2.95. The Hall–Kier alpha value is -1.09. The van der Waals surface area contributed by atoms with Gasteiger partial charge < -0.3 is 4.84 Å². The number of hydrogen-bond acceptors (Lipinski definition) is 2.